The van der Waals surface area contributed by atoms with Crippen molar-refractivity contribution in [2.75, 3.05) is 20.3 Å². The number of sulfonamides is 1. The summed E-state index contributed by atoms with van der Waals surface area (Å²) in [4.78, 5) is 35.3. The number of imide groups is 1. The van der Waals surface area contributed by atoms with Crippen LogP contribution >= 0.6 is 0 Å². The van der Waals surface area contributed by atoms with Gasteiger partial charge < -0.3 is 14.8 Å². The fraction of sp³-hybridized carbons (Fsp3) is 0.500. The van der Waals surface area contributed by atoms with Crippen LogP contribution in [0.4, 0.5) is 4.79 Å². The Morgan fingerprint density at radius 3 is 2.24 bits per heavy atom. The van der Waals surface area contributed by atoms with E-state index in [-0.39, 0.29) is 4.90 Å². The van der Waals surface area contributed by atoms with Gasteiger partial charge in [-0.1, -0.05) is 20.8 Å². The van der Waals surface area contributed by atoms with Crippen molar-refractivity contribution < 1.29 is 32.3 Å². The zero-order chi connectivity index (χ0) is 22.0. The number of hydrogen-bond acceptors (Lipinski definition) is 7. The Morgan fingerprint density at radius 2 is 1.72 bits per heavy atom. The summed E-state index contributed by atoms with van der Waals surface area (Å²) in [6.45, 7) is 4.78. The summed E-state index contributed by atoms with van der Waals surface area (Å²) in [5.74, 6) is -1.72. The van der Waals surface area contributed by atoms with Crippen LogP contribution in [0.1, 0.15) is 27.2 Å². The normalized spacial score (nSPS) is 12.2. The van der Waals surface area contributed by atoms with Gasteiger partial charge in [-0.2, -0.15) is 4.72 Å². The third-order valence-corrected chi connectivity index (χ3v) is 5.16. The number of hydrogen-bond donors (Lipinski definition) is 3. The molecule has 0 bridgehead atoms. The molecular formula is C18H27N3O7S. The van der Waals surface area contributed by atoms with E-state index in [0.29, 0.717) is 18.7 Å². The minimum absolute atomic E-state index is 0.0536. The number of carbonyl (C=O) groups excluding carboxylic acids is 3. The van der Waals surface area contributed by atoms with Gasteiger partial charge in [0.15, 0.2) is 6.61 Å². The molecule has 0 fully saturated rings. The van der Waals surface area contributed by atoms with Crippen molar-refractivity contribution in [2.24, 2.45) is 5.92 Å². The maximum Gasteiger partial charge on any atom is 0.324 e. The average molecular weight is 429 g/mol. The van der Waals surface area contributed by atoms with Crippen LogP contribution in [0.2, 0.25) is 0 Å². The SMILES string of the molecule is CCCNC(=O)NC(=O)COC(=O)[C@@H](NS(=O)(=O)c1ccc(OC)cc1)C(C)C. The first kappa shape index (κ1) is 24.4. The lowest BCUT2D eigenvalue weighted by Crippen LogP contribution is -2.47. The van der Waals surface area contributed by atoms with Gasteiger partial charge in [0.25, 0.3) is 5.91 Å². The first-order valence-electron chi connectivity index (χ1n) is 9.01. The fourth-order valence-electron chi connectivity index (χ4n) is 2.12. The minimum atomic E-state index is -4.01. The van der Waals surface area contributed by atoms with Gasteiger partial charge in [-0.3, -0.25) is 14.9 Å². The second kappa shape index (κ2) is 11.4. The molecule has 1 atom stereocenters. The Labute approximate surface area is 170 Å². The zero-order valence-electron chi connectivity index (χ0n) is 16.9. The molecule has 3 N–H and O–H groups in total. The summed E-state index contributed by atoms with van der Waals surface area (Å²) >= 11 is 0. The maximum absolute atomic E-state index is 12.5. The number of methoxy groups -OCH3 is 1. The van der Waals surface area contributed by atoms with E-state index in [9.17, 15) is 22.8 Å². The number of urea groups is 1. The number of rotatable bonds is 10. The van der Waals surface area contributed by atoms with Crippen molar-refractivity contribution in [1.29, 1.82) is 0 Å². The lowest BCUT2D eigenvalue weighted by atomic mass is 10.1. The smallest absolute Gasteiger partial charge is 0.324 e. The summed E-state index contributed by atoms with van der Waals surface area (Å²) in [5.41, 5.74) is 0. The van der Waals surface area contributed by atoms with Crippen LogP contribution in [0.3, 0.4) is 0 Å². The monoisotopic (exact) mass is 429 g/mol. The van der Waals surface area contributed by atoms with E-state index in [4.69, 9.17) is 9.47 Å². The molecule has 0 saturated carbocycles. The van der Waals surface area contributed by atoms with Gasteiger partial charge in [0, 0.05) is 6.54 Å². The second-order valence-corrected chi connectivity index (χ2v) is 8.14. The Morgan fingerprint density at radius 1 is 1.10 bits per heavy atom. The van der Waals surface area contributed by atoms with Gasteiger partial charge in [-0.25, -0.2) is 13.2 Å². The summed E-state index contributed by atoms with van der Waals surface area (Å²) in [6, 6.07) is 3.71. The molecule has 29 heavy (non-hydrogen) atoms. The van der Waals surface area contributed by atoms with E-state index < -0.39 is 46.5 Å². The summed E-state index contributed by atoms with van der Waals surface area (Å²) < 4.78 is 37.2. The highest BCUT2D eigenvalue weighted by atomic mass is 32.2. The standard InChI is InChI=1S/C18H27N3O7S/c1-5-10-19-18(24)20-15(22)11-28-17(23)16(12(2)3)21-29(25,26)14-8-6-13(27-4)7-9-14/h6-9,12,16,21H,5,10-11H2,1-4H3,(H2,19,20,22,24)/t16-/m0/s1. The molecule has 0 aliphatic heterocycles. The van der Waals surface area contributed by atoms with Crippen molar-refractivity contribution in [3.8, 4) is 5.75 Å². The molecule has 1 rings (SSSR count). The molecule has 0 unspecified atom stereocenters. The van der Waals surface area contributed by atoms with E-state index in [2.05, 4.69) is 10.0 Å². The minimum Gasteiger partial charge on any atom is -0.497 e. The highest BCUT2D eigenvalue weighted by Crippen LogP contribution is 2.17. The van der Waals surface area contributed by atoms with Gasteiger partial charge in [0.05, 0.1) is 12.0 Å². The lowest BCUT2D eigenvalue weighted by molar-refractivity contribution is -0.150. The number of carbonyl (C=O) groups is 3. The fourth-order valence-corrected chi connectivity index (χ4v) is 3.45. The molecule has 0 saturated heterocycles. The van der Waals surface area contributed by atoms with Crippen molar-refractivity contribution in [2.45, 2.75) is 38.1 Å². The van der Waals surface area contributed by atoms with Gasteiger partial charge in [-0.05, 0) is 36.6 Å². The molecular weight excluding hydrogens is 402 g/mol. The van der Waals surface area contributed by atoms with Crippen molar-refractivity contribution in [1.82, 2.24) is 15.4 Å². The maximum atomic E-state index is 12.5. The molecule has 1 aromatic rings. The molecule has 1 aromatic carbocycles. The van der Waals surface area contributed by atoms with Crippen molar-refractivity contribution in [3.05, 3.63) is 24.3 Å². The number of benzene rings is 1. The van der Waals surface area contributed by atoms with E-state index >= 15 is 0 Å². The van der Waals surface area contributed by atoms with Gasteiger partial charge in [-0.15, -0.1) is 0 Å². The second-order valence-electron chi connectivity index (χ2n) is 6.43. The summed E-state index contributed by atoms with van der Waals surface area (Å²) in [6.07, 6.45) is 0.695. The van der Waals surface area contributed by atoms with Gasteiger partial charge >= 0.3 is 12.0 Å². The number of ether oxygens (including phenoxy) is 2. The number of nitrogens with one attached hydrogen (secondary N) is 3. The van der Waals surface area contributed by atoms with Crippen LogP contribution in [0.5, 0.6) is 5.75 Å². The zero-order valence-corrected chi connectivity index (χ0v) is 17.7. The van der Waals surface area contributed by atoms with Crippen LogP contribution < -0.4 is 20.1 Å². The van der Waals surface area contributed by atoms with Crippen LogP contribution in [-0.2, 0) is 24.3 Å². The predicted octanol–water partition coefficient (Wildman–Crippen LogP) is 0.777. The van der Waals surface area contributed by atoms with Crippen LogP contribution in [0.25, 0.3) is 0 Å². The van der Waals surface area contributed by atoms with E-state index in [1.54, 1.807) is 13.8 Å². The molecule has 0 heterocycles. The van der Waals surface area contributed by atoms with Crippen molar-refractivity contribution >= 4 is 27.9 Å². The Kier molecular flexibility index (Phi) is 9.56. The van der Waals surface area contributed by atoms with Crippen LogP contribution in [0, 0.1) is 5.92 Å². The molecule has 3 amide bonds. The van der Waals surface area contributed by atoms with Crippen LogP contribution in [0.15, 0.2) is 29.2 Å². The number of esters is 1. The quantitative estimate of drug-likeness (QED) is 0.467. The summed E-state index contributed by atoms with van der Waals surface area (Å²) in [5, 5.41) is 4.44. The Bertz CT molecular complexity index is 807. The molecule has 0 aliphatic carbocycles. The molecule has 10 nitrogen and oxygen atoms in total. The van der Waals surface area contributed by atoms with Crippen molar-refractivity contribution in [3.63, 3.8) is 0 Å². The third kappa shape index (κ3) is 8.08. The topological polar surface area (TPSA) is 140 Å². The lowest BCUT2D eigenvalue weighted by Gasteiger charge is -2.20. The highest BCUT2D eigenvalue weighted by Gasteiger charge is 2.30. The summed E-state index contributed by atoms with van der Waals surface area (Å²) in [7, 11) is -2.56. The molecule has 0 spiro atoms. The first-order valence-corrected chi connectivity index (χ1v) is 10.5. The van der Waals surface area contributed by atoms with E-state index in [1.165, 1.54) is 31.4 Å². The van der Waals surface area contributed by atoms with Gasteiger partial charge in [0.1, 0.15) is 11.8 Å². The number of amides is 3. The predicted molar refractivity (Wildman–Crippen MR) is 105 cm³/mol. The molecule has 0 aromatic heterocycles. The van der Waals surface area contributed by atoms with Gasteiger partial charge in [0.2, 0.25) is 10.0 Å². The molecule has 0 radical (unpaired) electrons. The average Bonchev–Trinajstić information content (AvgIpc) is 2.68. The Hall–Kier alpha value is -2.66. The Balaban J connectivity index is 2.72. The molecule has 162 valence electrons. The highest BCUT2D eigenvalue weighted by molar-refractivity contribution is 7.89. The molecule has 11 heteroatoms. The molecule has 0 aliphatic rings. The third-order valence-electron chi connectivity index (χ3n) is 3.71. The van der Waals surface area contributed by atoms with E-state index in [1.807, 2.05) is 12.2 Å². The van der Waals surface area contributed by atoms with Crippen LogP contribution in [-0.4, -0.2) is 52.6 Å². The first-order chi connectivity index (χ1) is 13.6. The van der Waals surface area contributed by atoms with E-state index in [0.717, 1.165) is 0 Å². The largest absolute Gasteiger partial charge is 0.497 e.